The Morgan fingerprint density at radius 2 is 2.10 bits per heavy atom. The number of nitrogens with one attached hydrogen (secondary N) is 1. The van der Waals surface area contributed by atoms with Crippen LogP contribution in [-0.2, 0) is 4.74 Å². The summed E-state index contributed by atoms with van der Waals surface area (Å²) in [4.78, 5) is 5.55. The molecule has 21 heavy (non-hydrogen) atoms. The Kier molecular flexibility index (Phi) is 4.69. The number of aromatic nitrogens is 1. The first-order valence-corrected chi connectivity index (χ1v) is 6.41. The lowest BCUT2D eigenvalue weighted by molar-refractivity contribution is 0.0681. The molecule has 2 rings (SSSR count). The van der Waals surface area contributed by atoms with Crippen LogP contribution in [0.3, 0.4) is 0 Å². The van der Waals surface area contributed by atoms with Gasteiger partial charge in [-0.1, -0.05) is 0 Å². The third-order valence-electron chi connectivity index (χ3n) is 3.15. The number of alkyl halides is 2. The Bertz CT molecular complexity index is 555. The van der Waals surface area contributed by atoms with E-state index >= 15 is 0 Å². The molecule has 1 aliphatic rings. The van der Waals surface area contributed by atoms with Crippen LogP contribution in [-0.4, -0.2) is 42.0 Å². The maximum Gasteiger partial charge on any atom is 0.264 e. The standard InChI is InChI=1S/C13H17F2N5O/c14-13(15)8-5-11(17)19-7-9(8)10(16)6-12(18)20-1-3-21-4-2-20/h5-7,13,18H,1-4,16H2,(H2,17,19). The van der Waals surface area contributed by atoms with E-state index in [4.69, 9.17) is 21.6 Å². The molecule has 0 radical (unpaired) electrons. The van der Waals surface area contributed by atoms with E-state index in [1.165, 1.54) is 12.3 Å². The quantitative estimate of drug-likeness (QED) is 0.575. The number of nitrogens with zero attached hydrogens (tertiary/aromatic N) is 2. The van der Waals surface area contributed by atoms with Crippen molar-refractivity contribution in [1.82, 2.24) is 9.88 Å². The van der Waals surface area contributed by atoms with Crippen molar-refractivity contribution in [2.45, 2.75) is 6.43 Å². The highest BCUT2D eigenvalue weighted by molar-refractivity contribution is 5.97. The maximum absolute atomic E-state index is 13.0. The Labute approximate surface area is 120 Å². The van der Waals surface area contributed by atoms with Gasteiger partial charge >= 0.3 is 0 Å². The van der Waals surface area contributed by atoms with Gasteiger partial charge in [-0.2, -0.15) is 0 Å². The number of rotatable bonds is 3. The molecule has 0 aliphatic carbocycles. The van der Waals surface area contributed by atoms with Crippen LogP contribution < -0.4 is 11.5 Å². The van der Waals surface area contributed by atoms with E-state index in [0.717, 1.165) is 6.07 Å². The topological polar surface area (TPSA) is 101 Å². The highest BCUT2D eigenvalue weighted by Gasteiger charge is 2.17. The third-order valence-corrected chi connectivity index (χ3v) is 3.15. The van der Waals surface area contributed by atoms with Crippen molar-refractivity contribution in [1.29, 1.82) is 5.41 Å². The average molecular weight is 297 g/mol. The molecule has 1 aromatic rings. The molecule has 0 spiro atoms. The highest BCUT2D eigenvalue weighted by atomic mass is 19.3. The smallest absolute Gasteiger partial charge is 0.264 e. The van der Waals surface area contributed by atoms with Crippen LogP contribution in [0.2, 0.25) is 0 Å². The van der Waals surface area contributed by atoms with Crippen molar-refractivity contribution in [2.24, 2.45) is 5.73 Å². The zero-order chi connectivity index (χ0) is 15.4. The van der Waals surface area contributed by atoms with E-state index in [2.05, 4.69) is 4.98 Å². The molecular weight excluding hydrogens is 280 g/mol. The molecule has 0 saturated carbocycles. The van der Waals surface area contributed by atoms with Gasteiger partial charge in [-0.15, -0.1) is 0 Å². The van der Waals surface area contributed by atoms with E-state index in [0.29, 0.717) is 26.3 Å². The van der Waals surface area contributed by atoms with Gasteiger partial charge in [0.1, 0.15) is 11.7 Å². The Hall–Kier alpha value is -2.22. The summed E-state index contributed by atoms with van der Waals surface area (Å²) < 4.78 is 31.2. The summed E-state index contributed by atoms with van der Waals surface area (Å²) in [7, 11) is 0. The van der Waals surface area contributed by atoms with Gasteiger partial charge < -0.3 is 21.1 Å². The van der Waals surface area contributed by atoms with E-state index in [1.807, 2.05) is 0 Å². The fourth-order valence-electron chi connectivity index (χ4n) is 2.03. The summed E-state index contributed by atoms with van der Waals surface area (Å²) in [6, 6.07) is 1.10. The number of amidine groups is 1. The molecule has 8 heteroatoms. The Morgan fingerprint density at radius 1 is 1.43 bits per heavy atom. The Balaban J connectivity index is 2.24. The van der Waals surface area contributed by atoms with Gasteiger partial charge in [-0.05, 0) is 6.07 Å². The first-order valence-electron chi connectivity index (χ1n) is 6.41. The molecule has 1 saturated heterocycles. The van der Waals surface area contributed by atoms with Crippen LogP contribution in [0.15, 0.2) is 18.3 Å². The molecule has 5 N–H and O–H groups in total. The molecule has 0 bridgehead atoms. The largest absolute Gasteiger partial charge is 0.398 e. The fraction of sp³-hybridized carbons (Fsp3) is 0.385. The molecule has 0 unspecified atom stereocenters. The zero-order valence-corrected chi connectivity index (χ0v) is 11.4. The number of halogens is 2. The lowest BCUT2D eigenvalue weighted by atomic mass is 10.1. The Morgan fingerprint density at radius 3 is 2.71 bits per heavy atom. The number of pyridine rings is 1. The molecule has 2 heterocycles. The maximum atomic E-state index is 13.0. The van der Waals surface area contributed by atoms with Gasteiger partial charge in [0, 0.05) is 42.2 Å². The van der Waals surface area contributed by atoms with Gasteiger partial charge in [0.05, 0.1) is 13.2 Å². The molecule has 6 nitrogen and oxygen atoms in total. The summed E-state index contributed by atoms with van der Waals surface area (Å²) in [5.74, 6) is 0.165. The minimum absolute atomic E-state index is 0.00473. The van der Waals surface area contributed by atoms with Crippen molar-refractivity contribution < 1.29 is 13.5 Å². The monoisotopic (exact) mass is 297 g/mol. The minimum atomic E-state index is -2.71. The molecule has 0 amide bonds. The van der Waals surface area contributed by atoms with Crippen LogP contribution in [0.5, 0.6) is 0 Å². The third kappa shape index (κ3) is 3.66. The number of nitrogens with two attached hydrogens (primary N) is 2. The lowest BCUT2D eigenvalue weighted by Crippen LogP contribution is -2.39. The van der Waals surface area contributed by atoms with Gasteiger partial charge in [0.15, 0.2) is 0 Å². The van der Waals surface area contributed by atoms with Gasteiger partial charge in [0.2, 0.25) is 0 Å². The molecule has 1 aliphatic heterocycles. The molecular formula is C13H17F2N5O. The van der Waals surface area contributed by atoms with Crippen LogP contribution in [0.1, 0.15) is 17.6 Å². The lowest BCUT2D eigenvalue weighted by Gasteiger charge is -2.27. The van der Waals surface area contributed by atoms with Crippen molar-refractivity contribution in [3.05, 3.63) is 29.5 Å². The van der Waals surface area contributed by atoms with Crippen LogP contribution in [0.4, 0.5) is 14.6 Å². The van der Waals surface area contributed by atoms with E-state index < -0.39 is 6.43 Å². The van der Waals surface area contributed by atoms with Gasteiger partial charge in [-0.3, -0.25) is 5.41 Å². The van der Waals surface area contributed by atoms with Crippen LogP contribution in [0.25, 0.3) is 5.70 Å². The molecule has 1 aromatic heterocycles. The number of hydrogen-bond acceptors (Lipinski definition) is 5. The second-order valence-electron chi connectivity index (χ2n) is 4.58. The van der Waals surface area contributed by atoms with Crippen molar-refractivity contribution in [3.8, 4) is 0 Å². The molecule has 0 aromatic carbocycles. The fourth-order valence-corrected chi connectivity index (χ4v) is 2.03. The van der Waals surface area contributed by atoms with E-state index in [-0.39, 0.29) is 28.5 Å². The highest BCUT2D eigenvalue weighted by Crippen LogP contribution is 2.27. The van der Waals surface area contributed by atoms with E-state index in [9.17, 15) is 8.78 Å². The van der Waals surface area contributed by atoms with Gasteiger partial charge in [-0.25, -0.2) is 13.8 Å². The summed E-state index contributed by atoms with van der Waals surface area (Å²) in [5, 5.41) is 7.96. The van der Waals surface area contributed by atoms with Crippen molar-refractivity contribution in [2.75, 3.05) is 32.0 Å². The molecule has 0 atom stereocenters. The number of ether oxygens (including phenoxy) is 1. The average Bonchev–Trinajstić information content (AvgIpc) is 2.47. The second-order valence-corrected chi connectivity index (χ2v) is 4.58. The summed E-state index contributed by atoms with van der Waals surface area (Å²) >= 11 is 0. The predicted octanol–water partition coefficient (Wildman–Crippen LogP) is 1.21. The van der Waals surface area contributed by atoms with Crippen LogP contribution >= 0.6 is 0 Å². The van der Waals surface area contributed by atoms with E-state index in [1.54, 1.807) is 4.90 Å². The second kappa shape index (κ2) is 6.49. The predicted molar refractivity (Wildman–Crippen MR) is 75.9 cm³/mol. The number of morpholine rings is 1. The number of nitrogen functional groups attached to an aromatic ring is 1. The summed E-state index contributed by atoms with van der Waals surface area (Å²) in [5.41, 5.74) is 11.1. The first kappa shape index (κ1) is 15.2. The first-order chi connectivity index (χ1) is 9.99. The minimum Gasteiger partial charge on any atom is -0.398 e. The summed E-state index contributed by atoms with van der Waals surface area (Å²) in [6.07, 6.45) is -0.158. The molecule has 114 valence electrons. The van der Waals surface area contributed by atoms with Crippen molar-refractivity contribution in [3.63, 3.8) is 0 Å². The SMILES string of the molecule is N=C(C=C(N)c1cnc(N)cc1C(F)F)N1CCOCC1. The van der Waals surface area contributed by atoms with Crippen LogP contribution in [0, 0.1) is 5.41 Å². The molecule has 1 fully saturated rings. The zero-order valence-electron chi connectivity index (χ0n) is 11.4. The van der Waals surface area contributed by atoms with Crippen molar-refractivity contribution >= 4 is 17.4 Å². The summed E-state index contributed by atoms with van der Waals surface area (Å²) in [6.45, 7) is 2.21. The normalized spacial score (nSPS) is 16.3. The number of anilines is 1. The number of hydrogen-bond donors (Lipinski definition) is 3. The van der Waals surface area contributed by atoms with Gasteiger partial charge in [0.25, 0.3) is 6.43 Å².